The summed E-state index contributed by atoms with van der Waals surface area (Å²) in [6.45, 7) is 4.88. The third kappa shape index (κ3) is 3.64. The molecule has 1 aromatic rings. The quantitative estimate of drug-likeness (QED) is 0.862. The van der Waals surface area contributed by atoms with Crippen molar-refractivity contribution in [1.82, 2.24) is 4.90 Å². The summed E-state index contributed by atoms with van der Waals surface area (Å²) >= 11 is 3.31. The van der Waals surface area contributed by atoms with Crippen molar-refractivity contribution >= 4 is 31.9 Å². The number of hydrogen-bond donors (Lipinski definition) is 1. The fourth-order valence-electron chi connectivity index (χ4n) is 2.71. The van der Waals surface area contributed by atoms with Crippen LogP contribution < -0.4 is 5.14 Å². The Balaban J connectivity index is 2.35. The topological polar surface area (TPSA) is 80.5 Å². The number of nitrogens with two attached hydrogens (primary N) is 1. The lowest BCUT2D eigenvalue weighted by Crippen LogP contribution is -2.44. The Morgan fingerprint density at radius 3 is 2.62 bits per heavy atom. The number of likely N-dealkylation sites (tertiary alicyclic amines) is 1. The molecule has 1 aliphatic heterocycles. The normalized spacial score (nSPS) is 23.1. The first-order valence-corrected chi connectivity index (χ1v) is 9.17. The smallest absolute Gasteiger partial charge is 0.255 e. The molecule has 21 heavy (non-hydrogen) atoms. The number of hydrogen-bond acceptors (Lipinski definition) is 3. The van der Waals surface area contributed by atoms with Crippen LogP contribution in [0.4, 0.5) is 0 Å². The Hall–Kier alpha value is -0.920. The summed E-state index contributed by atoms with van der Waals surface area (Å²) in [4.78, 5) is 14.4. The van der Waals surface area contributed by atoms with Crippen molar-refractivity contribution < 1.29 is 13.2 Å². The molecule has 0 bridgehead atoms. The molecule has 1 fully saturated rings. The van der Waals surface area contributed by atoms with Gasteiger partial charge < -0.3 is 4.90 Å². The number of nitrogens with zero attached hydrogens (tertiary/aromatic N) is 1. The van der Waals surface area contributed by atoms with E-state index >= 15 is 0 Å². The highest BCUT2D eigenvalue weighted by molar-refractivity contribution is 9.10. The summed E-state index contributed by atoms with van der Waals surface area (Å²) in [5, 5.41) is 5.13. The van der Waals surface area contributed by atoms with E-state index in [0.29, 0.717) is 22.5 Å². The summed E-state index contributed by atoms with van der Waals surface area (Å²) in [7, 11) is -3.82. The minimum atomic E-state index is -3.82. The monoisotopic (exact) mass is 374 g/mol. The number of carbonyl (C=O) groups excluding carboxylic acids is 1. The highest BCUT2D eigenvalue weighted by atomic mass is 79.9. The molecule has 1 heterocycles. The molecule has 2 rings (SSSR count). The molecule has 2 atom stereocenters. The van der Waals surface area contributed by atoms with Crippen LogP contribution in [0.1, 0.15) is 37.0 Å². The van der Waals surface area contributed by atoms with Gasteiger partial charge in [-0.3, -0.25) is 4.79 Å². The zero-order chi connectivity index (χ0) is 15.8. The van der Waals surface area contributed by atoms with E-state index in [1.807, 2.05) is 6.92 Å². The SMILES string of the molecule is CC1CCN(C(=O)c2cc(S(N)(=O)=O)ccc2Br)C(C)C1. The summed E-state index contributed by atoms with van der Waals surface area (Å²) in [6.07, 6.45) is 1.92. The average Bonchev–Trinajstić information content (AvgIpc) is 2.37. The van der Waals surface area contributed by atoms with Crippen LogP contribution in [0, 0.1) is 5.92 Å². The molecule has 1 aliphatic rings. The second-order valence-corrected chi connectivity index (χ2v) is 8.08. The Morgan fingerprint density at radius 1 is 1.38 bits per heavy atom. The van der Waals surface area contributed by atoms with Crippen LogP contribution >= 0.6 is 15.9 Å². The lowest BCUT2D eigenvalue weighted by atomic mass is 9.93. The molecule has 0 saturated carbocycles. The predicted molar refractivity (Wildman–Crippen MR) is 84.4 cm³/mol. The first-order chi connectivity index (χ1) is 9.70. The van der Waals surface area contributed by atoms with Crippen LogP contribution in [0.15, 0.2) is 27.6 Å². The van der Waals surface area contributed by atoms with Gasteiger partial charge in [-0.25, -0.2) is 13.6 Å². The third-order valence-electron chi connectivity index (χ3n) is 3.90. The molecular formula is C14H19BrN2O3S. The maximum atomic E-state index is 12.7. The van der Waals surface area contributed by atoms with Gasteiger partial charge in [-0.15, -0.1) is 0 Å². The molecular weight excluding hydrogens is 356 g/mol. The second kappa shape index (κ2) is 6.06. The molecule has 0 radical (unpaired) electrons. The molecule has 116 valence electrons. The summed E-state index contributed by atoms with van der Waals surface area (Å²) in [5.41, 5.74) is 0.336. The van der Waals surface area contributed by atoms with Gasteiger partial charge in [0.25, 0.3) is 5.91 Å². The lowest BCUT2D eigenvalue weighted by molar-refractivity contribution is 0.0587. The van der Waals surface area contributed by atoms with Crippen molar-refractivity contribution in [2.24, 2.45) is 11.1 Å². The Labute approximate surface area is 133 Å². The minimum absolute atomic E-state index is 0.0490. The average molecular weight is 375 g/mol. The zero-order valence-corrected chi connectivity index (χ0v) is 14.4. The van der Waals surface area contributed by atoms with Crippen LogP contribution in [-0.4, -0.2) is 31.8 Å². The third-order valence-corrected chi connectivity index (χ3v) is 5.50. The van der Waals surface area contributed by atoms with E-state index in [2.05, 4.69) is 22.9 Å². The van der Waals surface area contributed by atoms with Crippen molar-refractivity contribution in [2.45, 2.75) is 37.6 Å². The zero-order valence-electron chi connectivity index (χ0n) is 12.0. The molecule has 5 nitrogen and oxygen atoms in total. The number of primary sulfonamides is 1. The van der Waals surface area contributed by atoms with Gasteiger partial charge >= 0.3 is 0 Å². The van der Waals surface area contributed by atoms with Gasteiger partial charge in [0.2, 0.25) is 10.0 Å². The van der Waals surface area contributed by atoms with Crippen molar-refractivity contribution in [3.05, 3.63) is 28.2 Å². The summed E-state index contributed by atoms with van der Waals surface area (Å²) in [5.74, 6) is 0.440. The molecule has 2 N–H and O–H groups in total. The van der Waals surface area contributed by atoms with E-state index in [4.69, 9.17) is 5.14 Å². The Morgan fingerprint density at radius 2 is 2.05 bits per heavy atom. The molecule has 0 spiro atoms. The van der Waals surface area contributed by atoms with Gasteiger partial charge in [-0.1, -0.05) is 6.92 Å². The number of amides is 1. The maximum Gasteiger partial charge on any atom is 0.255 e. The number of halogens is 1. The largest absolute Gasteiger partial charge is 0.336 e. The maximum absolute atomic E-state index is 12.7. The van der Waals surface area contributed by atoms with Gasteiger partial charge in [-0.2, -0.15) is 0 Å². The van der Waals surface area contributed by atoms with Crippen LogP contribution in [0.25, 0.3) is 0 Å². The number of benzene rings is 1. The minimum Gasteiger partial charge on any atom is -0.336 e. The molecule has 7 heteroatoms. The molecule has 1 saturated heterocycles. The lowest BCUT2D eigenvalue weighted by Gasteiger charge is -2.36. The molecule has 1 aromatic carbocycles. The van der Waals surface area contributed by atoms with Crippen LogP contribution in [0.3, 0.4) is 0 Å². The fraction of sp³-hybridized carbons (Fsp3) is 0.500. The second-order valence-electron chi connectivity index (χ2n) is 5.66. The van der Waals surface area contributed by atoms with Gasteiger partial charge in [0.1, 0.15) is 0 Å². The van der Waals surface area contributed by atoms with Crippen molar-refractivity contribution in [3.8, 4) is 0 Å². The van der Waals surface area contributed by atoms with Crippen LogP contribution in [0.2, 0.25) is 0 Å². The van der Waals surface area contributed by atoms with E-state index in [-0.39, 0.29) is 16.8 Å². The van der Waals surface area contributed by atoms with Gasteiger partial charge in [0.05, 0.1) is 10.5 Å². The van der Waals surface area contributed by atoms with E-state index in [1.54, 1.807) is 11.0 Å². The predicted octanol–water partition coefficient (Wildman–Crippen LogP) is 2.36. The fourth-order valence-corrected chi connectivity index (χ4v) is 3.67. The molecule has 2 unspecified atom stereocenters. The number of sulfonamides is 1. The van der Waals surface area contributed by atoms with E-state index < -0.39 is 10.0 Å². The van der Waals surface area contributed by atoms with Gasteiger partial charge in [-0.05, 0) is 59.8 Å². The first-order valence-electron chi connectivity index (χ1n) is 6.83. The van der Waals surface area contributed by atoms with E-state index in [9.17, 15) is 13.2 Å². The number of piperidine rings is 1. The Kier molecular flexibility index (Phi) is 4.75. The van der Waals surface area contributed by atoms with Gasteiger partial charge in [0, 0.05) is 17.1 Å². The van der Waals surface area contributed by atoms with E-state index in [1.165, 1.54) is 12.1 Å². The standard InChI is InChI=1S/C14H19BrN2O3S/c1-9-5-6-17(10(2)7-9)14(18)12-8-11(21(16,19)20)3-4-13(12)15/h3-4,8-10H,5-7H2,1-2H3,(H2,16,19,20). The van der Waals surface area contributed by atoms with Crippen molar-refractivity contribution in [3.63, 3.8) is 0 Å². The van der Waals surface area contributed by atoms with Crippen LogP contribution in [-0.2, 0) is 10.0 Å². The first kappa shape index (κ1) is 16.5. The van der Waals surface area contributed by atoms with Crippen molar-refractivity contribution in [1.29, 1.82) is 0 Å². The Bertz CT molecular complexity index is 660. The van der Waals surface area contributed by atoms with E-state index in [0.717, 1.165) is 12.8 Å². The molecule has 0 aromatic heterocycles. The van der Waals surface area contributed by atoms with Gasteiger partial charge in [0.15, 0.2) is 0 Å². The molecule has 0 aliphatic carbocycles. The summed E-state index contributed by atoms with van der Waals surface area (Å²) in [6, 6.07) is 4.42. The number of rotatable bonds is 2. The van der Waals surface area contributed by atoms with Crippen LogP contribution in [0.5, 0.6) is 0 Å². The number of carbonyl (C=O) groups is 1. The highest BCUT2D eigenvalue weighted by Gasteiger charge is 2.29. The highest BCUT2D eigenvalue weighted by Crippen LogP contribution is 2.27. The summed E-state index contributed by atoms with van der Waals surface area (Å²) < 4.78 is 23.5. The van der Waals surface area contributed by atoms with Crippen molar-refractivity contribution in [2.75, 3.05) is 6.54 Å². The molecule has 1 amide bonds.